The Morgan fingerprint density at radius 3 is 2.78 bits per heavy atom. The third kappa shape index (κ3) is 8.85. The molecule has 0 bridgehead atoms. The second kappa shape index (κ2) is 11.2. The third-order valence-corrected chi connectivity index (χ3v) is 3.87. The van der Waals surface area contributed by atoms with Crippen LogP contribution in [-0.4, -0.2) is 32.8 Å². The Labute approximate surface area is 162 Å². The number of halogens is 3. The van der Waals surface area contributed by atoms with Gasteiger partial charge in [0.15, 0.2) is 5.96 Å². The molecule has 1 aliphatic carbocycles. The average Bonchev–Trinajstić information content (AvgIpc) is 3.29. The van der Waals surface area contributed by atoms with Gasteiger partial charge in [-0.15, -0.1) is 24.0 Å². The summed E-state index contributed by atoms with van der Waals surface area (Å²) in [5.74, 6) is 1.28. The van der Waals surface area contributed by atoms with Crippen LogP contribution in [0.2, 0.25) is 0 Å². The van der Waals surface area contributed by atoms with Gasteiger partial charge >= 0.3 is 0 Å². The molecule has 7 heteroatoms. The lowest BCUT2D eigenvalue weighted by molar-refractivity contribution is 0.123. The molecule has 1 fully saturated rings. The van der Waals surface area contributed by atoms with Crippen molar-refractivity contribution in [3.63, 3.8) is 0 Å². The van der Waals surface area contributed by atoms with Gasteiger partial charge in [0.05, 0.1) is 0 Å². The lowest BCUT2D eigenvalue weighted by atomic mass is 10.2. The van der Waals surface area contributed by atoms with Gasteiger partial charge in [0.2, 0.25) is 0 Å². The van der Waals surface area contributed by atoms with Gasteiger partial charge in [0.1, 0.15) is 5.82 Å². The van der Waals surface area contributed by atoms with Crippen molar-refractivity contribution in [1.29, 1.82) is 0 Å². The van der Waals surface area contributed by atoms with E-state index in [2.05, 4.69) is 31.6 Å². The van der Waals surface area contributed by atoms with Crippen LogP contribution in [0.3, 0.4) is 0 Å². The molecule has 0 aromatic heterocycles. The van der Waals surface area contributed by atoms with Crippen molar-refractivity contribution >= 4 is 45.9 Å². The Morgan fingerprint density at radius 1 is 1.35 bits per heavy atom. The van der Waals surface area contributed by atoms with Crippen LogP contribution >= 0.6 is 39.9 Å². The zero-order valence-corrected chi connectivity index (χ0v) is 17.2. The van der Waals surface area contributed by atoms with E-state index in [0.29, 0.717) is 12.5 Å². The van der Waals surface area contributed by atoms with E-state index in [1.165, 1.54) is 25.0 Å². The summed E-state index contributed by atoms with van der Waals surface area (Å²) >= 11 is 3.29. The highest BCUT2D eigenvalue weighted by molar-refractivity contribution is 14.0. The number of hydrogen-bond acceptors (Lipinski definition) is 2. The molecule has 1 aromatic carbocycles. The number of nitrogens with zero attached hydrogens (tertiary/aromatic N) is 1. The molecule has 0 heterocycles. The minimum absolute atomic E-state index is 0. The van der Waals surface area contributed by atoms with E-state index < -0.39 is 0 Å². The fourth-order valence-electron chi connectivity index (χ4n) is 2.03. The van der Waals surface area contributed by atoms with Crippen LogP contribution in [0.4, 0.5) is 4.39 Å². The summed E-state index contributed by atoms with van der Waals surface area (Å²) < 4.78 is 19.6. The average molecular weight is 500 g/mol. The second-order valence-corrected chi connectivity index (χ2v) is 6.42. The first-order valence-corrected chi connectivity index (χ1v) is 8.44. The zero-order valence-electron chi connectivity index (χ0n) is 13.3. The van der Waals surface area contributed by atoms with Crippen LogP contribution in [0.25, 0.3) is 0 Å². The maximum atomic E-state index is 13.3. The van der Waals surface area contributed by atoms with E-state index in [9.17, 15) is 4.39 Å². The predicted octanol–water partition coefficient (Wildman–Crippen LogP) is 3.69. The summed E-state index contributed by atoms with van der Waals surface area (Å²) in [6, 6.07) is 4.84. The van der Waals surface area contributed by atoms with Crippen molar-refractivity contribution < 1.29 is 9.13 Å². The number of aliphatic imine (C=N–C) groups is 1. The Bertz CT molecular complexity index is 492. The molecule has 1 aromatic rings. The predicted molar refractivity (Wildman–Crippen MR) is 106 cm³/mol. The summed E-state index contributed by atoms with van der Waals surface area (Å²) in [6.45, 7) is 3.00. The molecule has 0 amide bonds. The van der Waals surface area contributed by atoms with E-state index >= 15 is 0 Å². The normalized spacial score (nSPS) is 14.3. The maximum Gasteiger partial charge on any atom is 0.191 e. The number of rotatable bonds is 8. The van der Waals surface area contributed by atoms with E-state index in [0.717, 1.165) is 42.1 Å². The first-order chi connectivity index (χ1) is 10.7. The number of benzene rings is 1. The van der Waals surface area contributed by atoms with Crippen molar-refractivity contribution in [2.24, 2.45) is 10.9 Å². The second-order valence-electron chi connectivity index (χ2n) is 5.50. The highest BCUT2D eigenvalue weighted by Gasteiger charge is 2.20. The molecule has 23 heavy (non-hydrogen) atoms. The highest BCUT2D eigenvalue weighted by Crippen LogP contribution is 2.28. The van der Waals surface area contributed by atoms with Gasteiger partial charge in [-0.1, -0.05) is 15.9 Å². The molecule has 0 aliphatic heterocycles. The molecule has 0 spiro atoms. The SMILES string of the molecule is CN=C(NCCCOCC1CC1)NCc1cc(F)cc(Br)c1.I. The van der Waals surface area contributed by atoms with E-state index in [1.54, 1.807) is 7.05 Å². The lowest BCUT2D eigenvalue weighted by Crippen LogP contribution is -2.37. The van der Waals surface area contributed by atoms with Gasteiger partial charge in [-0.3, -0.25) is 4.99 Å². The molecule has 4 nitrogen and oxygen atoms in total. The van der Waals surface area contributed by atoms with Gasteiger partial charge in [0, 0.05) is 37.8 Å². The smallest absolute Gasteiger partial charge is 0.191 e. The summed E-state index contributed by atoms with van der Waals surface area (Å²) in [4.78, 5) is 4.15. The molecule has 2 N–H and O–H groups in total. The summed E-state index contributed by atoms with van der Waals surface area (Å²) in [6.07, 6.45) is 3.59. The topological polar surface area (TPSA) is 45.7 Å². The van der Waals surface area contributed by atoms with Gasteiger partial charge < -0.3 is 15.4 Å². The minimum atomic E-state index is -0.248. The standard InChI is InChI=1S/C16H23BrFN3O.HI/c1-19-16(20-5-2-6-22-11-12-3-4-12)21-10-13-7-14(17)9-15(18)8-13;/h7-9,12H,2-6,10-11H2,1H3,(H2,19,20,21);1H. The molecule has 1 aliphatic rings. The molecule has 1 saturated carbocycles. The fraction of sp³-hybridized carbons (Fsp3) is 0.562. The maximum absolute atomic E-state index is 13.3. The summed E-state index contributed by atoms with van der Waals surface area (Å²) in [5.41, 5.74) is 0.864. The van der Waals surface area contributed by atoms with Crippen molar-refractivity contribution in [1.82, 2.24) is 10.6 Å². The van der Waals surface area contributed by atoms with Gasteiger partial charge in [-0.25, -0.2) is 4.39 Å². The first-order valence-electron chi connectivity index (χ1n) is 7.64. The molecular weight excluding hydrogens is 476 g/mol. The monoisotopic (exact) mass is 499 g/mol. The Morgan fingerprint density at radius 2 is 2.13 bits per heavy atom. The van der Waals surface area contributed by atoms with Crippen LogP contribution in [-0.2, 0) is 11.3 Å². The molecule has 130 valence electrons. The van der Waals surface area contributed by atoms with E-state index in [1.807, 2.05) is 6.07 Å². The van der Waals surface area contributed by atoms with E-state index in [-0.39, 0.29) is 29.8 Å². The van der Waals surface area contributed by atoms with Gasteiger partial charge in [0.25, 0.3) is 0 Å². The summed E-state index contributed by atoms with van der Waals surface area (Å²) in [5, 5.41) is 6.40. The third-order valence-electron chi connectivity index (χ3n) is 3.41. The number of guanidine groups is 1. The van der Waals surface area contributed by atoms with Crippen LogP contribution in [0.5, 0.6) is 0 Å². The van der Waals surface area contributed by atoms with Crippen LogP contribution in [0.1, 0.15) is 24.8 Å². The van der Waals surface area contributed by atoms with Crippen LogP contribution in [0, 0.1) is 11.7 Å². The quantitative estimate of drug-likeness (QED) is 0.248. The Balaban J connectivity index is 0.00000264. The largest absolute Gasteiger partial charge is 0.381 e. The van der Waals surface area contributed by atoms with Gasteiger partial charge in [-0.2, -0.15) is 0 Å². The zero-order chi connectivity index (χ0) is 15.8. The van der Waals surface area contributed by atoms with Crippen molar-refractivity contribution in [2.75, 3.05) is 26.8 Å². The summed E-state index contributed by atoms with van der Waals surface area (Å²) in [7, 11) is 1.72. The fourth-order valence-corrected chi connectivity index (χ4v) is 2.55. The molecule has 2 rings (SSSR count). The number of ether oxygens (including phenoxy) is 1. The van der Waals surface area contributed by atoms with Crippen molar-refractivity contribution in [3.8, 4) is 0 Å². The molecule has 0 radical (unpaired) electrons. The Kier molecular flexibility index (Phi) is 10.0. The Hall–Kier alpha value is -0.410. The number of nitrogens with one attached hydrogen (secondary N) is 2. The first kappa shape index (κ1) is 20.6. The van der Waals surface area contributed by atoms with Crippen LogP contribution in [0.15, 0.2) is 27.7 Å². The van der Waals surface area contributed by atoms with Gasteiger partial charge in [-0.05, 0) is 48.9 Å². The lowest BCUT2D eigenvalue weighted by Gasteiger charge is -2.12. The van der Waals surface area contributed by atoms with Crippen molar-refractivity contribution in [2.45, 2.75) is 25.8 Å². The van der Waals surface area contributed by atoms with Crippen LogP contribution < -0.4 is 10.6 Å². The van der Waals surface area contributed by atoms with E-state index in [4.69, 9.17) is 4.74 Å². The molecule has 0 atom stereocenters. The highest BCUT2D eigenvalue weighted by atomic mass is 127. The molecular formula is C16H24BrFIN3O. The number of hydrogen-bond donors (Lipinski definition) is 2. The molecule has 0 unspecified atom stereocenters. The molecule has 0 saturated heterocycles. The van der Waals surface area contributed by atoms with Crippen molar-refractivity contribution in [3.05, 3.63) is 34.1 Å². The minimum Gasteiger partial charge on any atom is -0.381 e.